The van der Waals surface area contributed by atoms with Crippen LogP contribution in [0.1, 0.15) is 37.7 Å². The Bertz CT molecular complexity index is 581. The second-order valence-corrected chi connectivity index (χ2v) is 7.47. The summed E-state index contributed by atoms with van der Waals surface area (Å²) in [5, 5.41) is 0. The number of hydrogen-bond acceptors (Lipinski definition) is 4. The van der Waals surface area contributed by atoms with E-state index < -0.39 is 10.0 Å². The van der Waals surface area contributed by atoms with Gasteiger partial charge in [0.15, 0.2) is 0 Å². The van der Waals surface area contributed by atoms with Crippen LogP contribution in [0, 0.1) is 0 Å². The zero-order valence-corrected chi connectivity index (χ0v) is 13.5. The van der Waals surface area contributed by atoms with E-state index >= 15 is 0 Å². The first-order chi connectivity index (χ1) is 10.0. The molecule has 0 amide bonds. The van der Waals surface area contributed by atoms with Crippen LogP contribution in [0.5, 0.6) is 5.75 Å². The Hall–Kier alpha value is -1.11. The molecule has 0 aromatic heterocycles. The maximum absolute atomic E-state index is 12.9. The smallest absolute Gasteiger partial charge is 0.246 e. The van der Waals surface area contributed by atoms with E-state index in [2.05, 4.69) is 0 Å². The van der Waals surface area contributed by atoms with Gasteiger partial charge in [0, 0.05) is 19.6 Å². The normalized spacial score (nSPS) is 17.1. The maximum Gasteiger partial charge on any atom is 0.246 e. The van der Waals surface area contributed by atoms with Gasteiger partial charge in [-0.1, -0.05) is 25.3 Å². The molecule has 21 heavy (non-hydrogen) atoms. The fraction of sp³-hybridized carbons (Fsp3) is 0.600. The van der Waals surface area contributed by atoms with Crippen molar-refractivity contribution >= 4 is 10.0 Å². The van der Waals surface area contributed by atoms with E-state index in [9.17, 15) is 8.42 Å². The van der Waals surface area contributed by atoms with Crippen LogP contribution in [0.25, 0.3) is 0 Å². The van der Waals surface area contributed by atoms with Crippen molar-refractivity contribution < 1.29 is 13.2 Å². The van der Waals surface area contributed by atoms with Gasteiger partial charge < -0.3 is 10.5 Å². The minimum absolute atomic E-state index is 0.0787. The number of hydrogen-bond donors (Lipinski definition) is 1. The van der Waals surface area contributed by atoms with Gasteiger partial charge in [0.05, 0.1) is 7.11 Å². The average Bonchev–Trinajstić information content (AvgIpc) is 2.54. The molecule has 0 radical (unpaired) electrons. The first-order valence-corrected chi connectivity index (χ1v) is 8.79. The molecule has 1 saturated carbocycles. The van der Waals surface area contributed by atoms with E-state index in [0.717, 1.165) is 31.2 Å². The van der Waals surface area contributed by atoms with E-state index in [1.807, 2.05) is 0 Å². The highest BCUT2D eigenvalue weighted by molar-refractivity contribution is 7.89. The fourth-order valence-corrected chi connectivity index (χ4v) is 4.47. The topological polar surface area (TPSA) is 72.6 Å². The van der Waals surface area contributed by atoms with Crippen LogP contribution >= 0.6 is 0 Å². The molecule has 1 aliphatic carbocycles. The molecule has 0 bridgehead atoms. The molecule has 2 rings (SSSR count). The SMILES string of the molecule is COc1ccc(CN)cc1S(=O)(=O)N(C)C1CCCCC1. The molecule has 6 heteroatoms. The van der Waals surface area contributed by atoms with Crippen LogP contribution < -0.4 is 10.5 Å². The van der Waals surface area contributed by atoms with E-state index in [-0.39, 0.29) is 10.9 Å². The third-order valence-corrected chi connectivity index (χ3v) is 6.14. The number of nitrogens with two attached hydrogens (primary N) is 1. The summed E-state index contributed by atoms with van der Waals surface area (Å²) in [5.74, 6) is 0.370. The standard InChI is InChI=1S/C15H24N2O3S/c1-17(13-6-4-3-5-7-13)21(18,19)15-10-12(11-16)8-9-14(15)20-2/h8-10,13H,3-7,11,16H2,1-2H3. The maximum atomic E-state index is 12.9. The van der Waals surface area contributed by atoms with Crippen LogP contribution in [0.3, 0.4) is 0 Å². The van der Waals surface area contributed by atoms with Crippen molar-refractivity contribution in [1.82, 2.24) is 4.31 Å². The summed E-state index contributed by atoms with van der Waals surface area (Å²) in [6, 6.07) is 5.16. The minimum Gasteiger partial charge on any atom is -0.495 e. The molecule has 0 heterocycles. The summed E-state index contributed by atoms with van der Waals surface area (Å²) in [6.07, 6.45) is 5.22. The summed E-state index contributed by atoms with van der Waals surface area (Å²) in [6.45, 7) is 0.305. The molecule has 0 saturated heterocycles. The Labute approximate surface area is 127 Å². The monoisotopic (exact) mass is 312 g/mol. The van der Waals surface area contributed by atoms with Gasteiger partial charge in [0.1, 0.15) is 10.6 Å². The Morgan fingerprint density at radius 3 is 2.52 bits per heavy atom. The highest BCUT2D eigenvalue weighted by atomic mass is 32.2. The number of benzene rings is 1. The second-order valence-electron chi connectivity index (χ2n) is 5.50. The molecule has 1 aromatic carbocycles. The molecule has 0 spiro atoms. The van der Waals surface area contributed by atoms with E-state index in [1.54, 1.807) is 25.2 Å². The molecular formula is C15H24N2O3S. The predicted octanol–water partition coefficient (Wildman–Crippen LogP) is 2.11. The molecule has 0 unspecified atom stereocenters. The van der Waals surface area contributed by atoms with Gasteiger partial charge in [0.25, 0.3) is 0 Å². The van der Waals surface area contributed by atoms with E-state index in [0.29, 0.717) is 12.3 Å². The number of rotatable bonds is 5. The quantitative estimate of drug-likeness (QED) is 0.904. The number of methoxy groups -OCH3 is 1. The Morgan fingerprint density at radius 1 is 1.29 bits per heavy atom. The van der Waals surface area contributed by atoms with Gasteiger partial charge in [-0.15, -0.1) is 0 Å². The number of ether oxygens (including phenoxy) is 1. The van der Waals surface area contributed by atoms with Crippen LogP contribution in [-0.4, -0.2) is 32.9 Å². The lowest BCUT2D eigenvalue weighted by Crippen LogP contribution is -2.38. The summed E-state index contributed by atoms with van der Waals surface area (Å²) in [7, 11) is -0.411. The van der Waals surface area contributed by atoms with Crippen molar-refractivity contribution in [2.24, 2.45) is 5.73 Å². The van der Waals surface area contributed by atoms with Gasteiger partial charge in [-0.05, 0) is 30.5 Å². The van der Waals surface area contributed by atoms with Crippen LogP contribution in [0.2, 0.25) is 0 Å². The van der Waals surface area contributed by atoms with Gasteiger partial charge in [-0.3, -0.25) is 0 Å². The lowest BCUT2D eigenvalue weighted by Gasteiger charge is -2.30. The van der Waals surface area contributed by atoms with E-state index in [4.69, 9.17) is 10.5 Å². The zero-order chi connectivity index (χ0) is 15.5. The summed E-state index contributed by atoms with van der Waals surface area (Å²) in [4.78, 5) is 0.209. The molecule has 1 aliphatic rings. The minimum atomic E-state index is -3.56. The Balaban J connectivity index is 2.37. The molecule has 0 atom stereocenters. The average molecular weight is 312 g/mol. The fourth-order valence-electron chi connectivity index (χ4n) is 2.85. The lowest BCUT2D eigenvalue weighted by molar-refractivity contribution is 0.284. The highest BCUT2D eigenvalue weighted by Gasteiger charge is 2.31. The van der Waals surface area contributed by atoms with Gasteiger partial charge in [-0.2, -0.15) is 4.31 Å². The molecule has 0 aliphatic heterocycles. The number of nitrogens with zero attached hydrogens (tertiary/aromatic N) is 1. The first kappa shape index (κ1) is 16.3. The molecule has 118 valence electrons. The van der Waals surface area contributed by atoms with Crippen molar-refractivity contribution in [1.29, 1.82) is 0 Å². The number of sulfonamides is 1. The third-order valence-electron chi connectivity index (χ3n) is 4.21. The first-order valence-electron chi connectivity index (χ1n) is 7.35. The van der Waals surface area contributed by atoms with Crippen LogP contribution in [-0.2, 0) is 16.6 Å². The molecule has 1 aromatic rings. The van der Waals surface area contributed by atoms with Crippen molar-refractivity contribution in [3.8, 4) is 5.75 Å². The van der Waals surface area contributed by atoms with Crippen LogP contribution in [0.4, 0.5) is 0 Å². The summed E-state index contributed by atoms with van der Waals surface area (Å²) >= 11 is 0. The third kappa shape index (κ3) is 3.39. The largest absolute Gasteiger partial charge is 0.495 e. The van der Waals surface area contributed by atoms with Gasteiger partial charge in [0.2, 0.25) is 10.0 Å². The lowest BCUT2D eigenvalue weighted by atomic mass is 9.96. The van der Waals surface area contributed by atoms with Crippen LogP contribution in [0.15, 0.2) is 23.1 Å². The predicted molar refractivity (Wildman–Crippen MR) is 82.7 cm³/mol. The van der Waals surface area contributed by atoms with E-state index in [1.165, 1.54) is 17.8 Å². The highest BCUT2D eigenvalue weighted by Crippen LogP contribution is 2.31. The molecular weight excluding hydrogens is 288 g/mol. The zero-order valence-electron chi connectivity index (χ0n) is 12.7. The van der Waals surface area contributed by atoms with Crippen molar-refractivity contribution in [3.05, 3.63) is 23.8 Å². The summed E-state index contributed by atoms with van der Waals surface area (Å²) < 4.78 is 32.5. The van der Waals surface area contributed by atoms with Gasteiger partial charge >= 0.3 is 0 Å². The molecule has 5 nitrogen and oxygen atoms in total. The van der Waals surface area contributed by atoms with Crippen molar-refractivity contribution in [2.45, 2.75) is 49.6 Å². The Kier molecular flexibility index (Phi) is 5.24. The van der Waals surface area contributed by atoms with Crippen molar-refractivity contribution in [3.63, 3.8) is 0 Å². The summed E-state index contributed by atoms with van der Waals surface area (Å²) in [5.41, 5.74) is 6.41. The molecule has 2 N–H and O–H groups in total. The van der Waals surface area contributed by atoms with Crippen molar-refractivity contribution in [2.75, 3.05) is 14.2 Å². The second kappa shape index (κ2) is 6.77. The Morgan fingerprint density at radius 2 is 1.95 bits per heavy atom. The van der Waals surface area contributed by atoms with Gasteiger partial charge in [-0.25, -0.2) is 8.42 Å². The molecule has 1 fully saturated rings.